The Balaban J connectivity index is 2.53. The van der Waals surface area contributed by atoms with Crippen LogP contribution in [0.2, 0.25) is 0 Å². The Morgan fingerprint density at radius 3 is 2.74 bits per heavy atom. The van der Waals surface area contributed by atoms with Gasteiger partial charge in [-0.3, -0.25) is 14.9 Å². The van der Waals surface area contributed by atoms with Gasteiger partial charge in [0.25, 0.3) is 5.69 Å². The molecule has 1 aromatic rings. The van der Waals surface area contributed by atoms with Crippen molar-refractivity contribution in [2.24, 2.45) is 0 Å². The van der Waals surface area contributed by atoms with Crippen LogP contribution in [-0.2, 0) is 11.3 Å². The maximum absolute atomic E-state index is 11.3. The number of carbonyl (C=O) groups excluding carboxylic acids is 1. The summed E-state index contributed by atoms with van der Waals surface area (Å²) in [6, 6.07) is 4.14. The van der Waals surface area contributed by atoms with Crippen molar-refractivity contribution in [3.05, 3.63) is 39.9 Å². The SMILES string of the molecule is CC(NC(=O)NCc1cccc([N+](=O)[O-])c1)C(=O)O. The first-order valence-corrected chi connectivity index (χ1v) is 5.40. The summed E-state index contributed by atoms with van der Waals surface area (Å²) in [7, 11) is 0. The summed E-state index contributed by atoms with van der Waals surface area (Å²) in [6.45, 7) is 1.40. The highest BCUT2D eigenvalue weighted by molar-refractivity contribution is 5.82. The summed E-state index contributed by atoms with van der Waals surface area (Å²) in [6.07, 6.45) is 0. The number of rotatable bonds is 5. The van der Waals surface area contributed by atoms with Crippen molar-refractivity contribution >= 4 is 17.7 Å². The molecule has 0 aliphatic heterocycles. The fraction of sp³-hybridized carbons (Fsp3) is 0.273. The van der Waals surface area contributed by atoms with Crippen LogP contribution in [0, 0.1) is 10.1 Å². The van der Waals surface area contributed by atoms with Gasteiger partial charge >= 0.3 is 12.0 Å². The number of non-ortho nitro benzene ring substituents is 1. The van der Waals surface area contributed by atoms with Crippen LogP contribution in [0.15, 0.2) is 24.3 Å². The molecule has 2 amide bonds. The number of hydrogen-bond acceptors (Lipinski definition) is 4. The van der Waals surface area contributed by atoms with Gasteiger partial charge in [-0.15, -0.1) is 0 Å². The summed E-state index contributed by atoms with van der Waals surface area (Å²) in [4.78, 5) is 31.9. The molecule has 0 saturated carbocycles. The topological polar surface area (TPSA) is 122 Å². The van der Waals surface area contributed by atoms with Crippen molar-refractivity contribution in [2.75, 3.05) is 0 Å². The maximum Gasteiger partial charge on any atom is 0.325 e. The van der Waals surface area contributed by atoms with E-state index in [1.54, 1.807) is 6.07 Å². The van der Waals surface area contributed by atoms with Crippen molar-refractivity contribution < 1.29 is 19.6 Å². The molecule has 8 heteroatoms. The minimum absolute atomic E-state index is 0.0693. The van der Waals surface area contributed by atoms with Crippen LogP contribution in [-0.4, -0.2) is 28.1 Å². The number of carboxylic acids is 1. The number of nitrogens with one attached hydrogen (secondary N) is 2. The Kier molecular flexibility index (Phi) is 4.81. The first-order valence-electron chi connectivity index (χ1n) is 5.40. The zero-order valence-electron chi connectivity index (χ0n) is 10.1. The number of nitrogens with zero attached hydrogens (tertiary/aromatic N) is 1. The molecular weight excluding hydrogens is 254 g/mol. The second kappa shape index (κ2) is 6.34. The van der Waals surface area contributed by atoms with Crippen molar-refractivity contribution in [1.82, 2.24) is 10.6 Å². The minimum Gasteiger partial charge on any atom is -0.480 e. The Bertz CT molecular complexity index is 503. The van der Waals surface area contributed by atoms with E-state index in [4.69, 9.17) is 5.11 Å². The Morgan fingerprint density at radius 2 is 2.16 bits per heavy atom. The van der Waals surface area contributed by atoms with Gasteiger partial charge in [0.2, 0.25) is 0 Å². The standard InChI is InChI=1S/C11H13N3O5/c1-7(10(15)16)13-11(17)12-6-8-3-2-4-9(5-8)14(18)19/h2-5,7H,6H2,1H3,(H,15,16)(H2,12,13,17). The number of amides is 2. The molecule has 19 heavy (non-hydrogen) atoms. The van der Waals surface area contributed by atoms with Gasteiger partial charge in [0.05, 0.1) is 4.92 Å². The maximum atomic E-state index is 11.3. The molecule has 3 N–H and O–H groups in total. The summed E-state index contributed by atoms with van der Waals surface area (Å²) in [5.74, 6) is -1.15. The number of nitro groups is 1. The summed E-state index contributed by atoms with van der Waals surface area (Å²) >= 11 is 0. The monoisotopic (exact) mass is 267 g/mol. The number of carbonyl (C=O) groups is 2. The van der Waals surface area contributed by atoms with E-state index in [-0.39, 0.29) is 12.2 Å². The van der Waals surface area contributed by atoms with E-state index in [1.165, 1.54) is 25.1 Å². The Hall–Kier alpha value is -2.64. The number of aliphatic carboxylic acids is 1. The van der Waals surface area contributed by atoms with Crippen LogP contribution in [0.3, 0.4) is 0 Å². The molecule has 0 saturated heterocycles. The molecule has 102 valence electrons. The second-order valence-electron chi connectivity index (χ2n) is 3.81. The molecule has 0 heterocycles. The van der Waals surface area contributed by atoms with E-state index in [0.29, 0.717) is 5.56 Å². The lowest BCUT2D eigenvalue weighted by Crippen LogP contribution is -2.44. The fourth-order valence-corrected chi connectivity index (χ4v) is 1.27. The van der Waals surface area contributed by atoms with Crippen LogP contribution < -0.4 is 10.6 Å². The highest BCUT2D eigenvalue weighted by Crippen LogP contribution is 2.12. The molecule has 1 unspecified atom stereocenters. The lowest BCUT2D eigenvalue weighted by atomic mass is 10.2. The molecule has 0 aliphatic carbocycles. The third-order valence-corrected chi connectivity index (χ3v) is 2.29. The fourth-order valence-electron chi connectivity index (χ4n) is 1.27. The lowest BCUT2D eigenvalue weighted by molar-refractivity contribution is -0.384. The molecule has 8 nitrogen and oxygen atoms in total. The predicted octanol–water partition coefficient (Wildman–Crippen LogP) is 0.867. The highest BCUT2D eigenvalue weighted by atomic mass is 16.6. The number of nitro benzene ring substituents is 1. The van der Waals surface area contributed by atoms with Crippen LogP contribution in [0.25, 0.3) is 0 Å². The molecule has 0 aliphatic rings. The average molecular weight is 267 g/mol. The van der Waals surface area contributed by atoms with Gasteiger partial charge in [0, 0.05) is 18.7 Å². The van der Waals surface area contributed by atoms with E-state index in [9.17, 15) is 19.7 Å². The van der Waals surface area contributed by atoms with Crippen LogP contribution >= 0.6 is 0 Å². The lowest BCUT2D eigenvalue weighted by Gasteiger charge is -2.10. The average Bonchev–Trinajstić information content (AvgIpc) is 2.36. The summed E-state index contributed by atoms with van der Waals surface area (Å²) < 4.78 is 0. The van der Waals surface area contributed by atoms with Gasteiger partial charge in [-0.1, -0.05) is 12.1 Å². The normalized spacial score (nSPS) is 11.4. The van der Waals surface area contributed by atoms with Crippen molar-refractivity contribution in [2.45, 2.75) is 19.5 Å². The zero-order chi connectivity index (χ0) is 14.4. The van der Waals surface area contributed by atoms with Gasteiger partial charge < -0.3 is 15.7 Å². The Labute approximate surface area is 108 Å². The van der Waals surface area contributed by atoms with Gasteiger partial charge in [-0.05, 0) is 12.5 Å². The van der Waals surface area contributed by atoms with Crippen molar-refractivity contribution in [3.63, 3.8) is 0 Å². The van der Waals surface area contributed by atoms with Gasteiger partial charge in [0.15, 0.2) is 0 Å². The van der Waals surface area contributed by atoms with E-state index in [2.05, 4.69) is 10.6 Å². The van der Waals surface area contributed by atoms with Crippen molar-refractivity contribution in [3.8, 4) is 0 Å². The molecule has 0 bridgehead atoms. The minimum atomic E-state index is -1.15. The third-order valence-electron chi connectivity index (χ3n) is 2.29. The van der Waals surface area contributed by atoms with Crippen LogP contribution in [0.1, 0.15) is 12.5 Å². The predicted molar refractivity (Wildman–Crippen MR) is 65.6 cm³/mol. The first-order chi connectivity index (χ1) is 8.90. The molecular formula is C11H13N3O5. The van der Waals surface area contributed by atoms with Gasteiger partial charge in [0.1, 0.15) is 6.04 Å². The Morgan fingerprint density at radius 1 is 1.47 bits per heavy atom. The zero-order valence-corrected chi connectivity index (χ0v) is 10.1. The van der Waals surface area contributed by atoms with E-state index < -0.39 is 23.0 Å². The molecule has 1 rings (SSSR count). The third kappa shape index (κ3) is 4.62. The number of benzene rings is 1. The van der Waals surface area contributed by atoms with Gasteiger partial charge in [-0.25, -0.2) is 4.79 Å². The number of urea groups is 1. The van der Waals surface area contributed by atoms with Crippen LogP contribution in [0.5, 0.6) is 0 Å². The smallest absolute Gasteiger partial charge is 0.325 e. The first kappa shape index (κ1) is 14.4. The van der Waals surface area contributed by atoms with Gasteiger partial charge in [-0.2, -0.15) is 0 Å². The molecule has 0 radical (unpaired) electrons. The highest BCUT2D eigenvalue weighted by Gasteiger charge is 2.13. The molecule has 1 aromatic carbocycles. The largest absolute Gasteiger partial charge is 0.480 e. The summed E-state index contributed by atoms with van der Waals surface area (Å²) in [5.41, 5.74) is 0.478. The van der Waals surface area contributed by atoms with E-state index in [1.807, 2.05) is 0 Å². The second-order valence-corrected chi connectivity index (χ2v) is 3.81. The molecule has 1 atom stereocenters. The molecule has 0 spiro atoms. The van der Waals surface area contributed by atoms with Crippen LogP contribution in [0.4, 0.5) is 10.5 Å². The van der Waals surface area contributed by atoms with E-state index >= 15 is 0 Å². The number of carboxylic acid groups (broad SMARTS) is 1. The van der Waals surface area contributed by atoms with Crippen molar-refractivity contribution in [1.29, 1.82) is 0 Å². The molecule has 0 fully saturated rings. The molecule has 0 aromatic heterocycles. The summed E-state index contributed by atoms with van der Waals surface area (Å²) in [5, 5.41) is 23.8. The number of hydrogen-bond donors (Lipinski definition) is 3. The van der Waals surface area contributed by atoms with E-state index in [0.717, 1.165) is 0 Å². The quantitative estimate of drug-likeness (QED) is 0.539.